The van der Waals surface area contributed by atoms with Crippen molar-refractivity contribution in [2.75, 3.05) is 5.32 Å². The molecule has 0 aliphatic heterocycles. The smallest absolute Gasteiger partial charge is 0.180 e. The number of fused-ring (bicyclic) bond motifs is 1. The van der Waals surface area contributed by atoms with Gasteiger partial charge in [0.2, 0.25) is 0 Å². The van der Waals surface area contributed by atoms with Crippen molar-refractivity contribution in [3.63, 3.8) is 0 Å². The molecule has 2 N–H and O–H groups in total. The maximum atomic E-state index is 4.47. The zero-order valence-electron chi connectivity index (χ0n) is 11.4. The number of halogens is 1. The topological polar surface area (TPSA) is 83.8 Å². The number of hydrogen-bond acceptors (Lipinski definition) is 6. The van der Waals surface area contributed by atoms with E-state index in [-0.39, 0.29) is 0 Å². The molecule has 0 atom stereocenters. The lowest BCUT2D eigenvalue weighted by Gasteiger charge is -2.05. The second-order valence-electron chi connectivity index (χ2n) is 4.64. The zero-order valence-corrected chi connectivity index (χ0v) is 13.8. The molecular formula is C13H10BrN7S. The maximum absolute atomic E-state index is 4.47. The van der Waals surface area contributed by atoms with Crippen LogP contribution in [0, 0.1) is 6.92 Å². The van der Waals surface area contributed by atoms with E-state index in [2.05, 4.69) is 45.8 Å². The lowest BCUT2D eigenvalue weighted by Crippen LogP contribution is -1.97. The molecule has 0 amide bonds. The summed E-state index contributed by atoms with van der Waals surface area (Å²) in [6, 6.07) is 0. The highest BCUT2D eigenvalue weighted by molar-refractivity contribution is 9.10. The number of aromatic nitrogens is 6. The number of aromatic amines is 1. The van der Waals surface area contributed by atoms with Crippen LogP contribution in [-0.4, -0.2) is 28.9 Å². The standard InChI is InChI=1S/C13H10BrN7S/c1-7-10(14)13(22-20-7)19-11-12-16-6-9(8-4-17-18-5-8)21(12)3-2-15-11/h2-6H,1H3,(H,15,19)(H,17,18). The number of imidazole rings is 1. The van der Waals surface area contributed by atoms with Gasteiger partial charge in [-0.05, 0) is 34.4 Å². The van der Waals surface area contributed by atoms with E-state index in [4.69, 9.17) is 0 Å². The molecule has 22 heavy (non-hydrogen) atoms. The third kappa shape index (κ3) is 2.09. The third-order valence-electron chi connectivity index (χ3n) is 3.24. The van der Waals surface area contributed by atoms with Crippen molar-refractivity contribution in [2.24, 2.45) is 0 Å². The van der Waals surface area contributed by atoms with Gasteiger partial charge in [0.15, 0.2) is 11.5 Å². The molecule has 0 aromatic carbocycles. The Bertz CT molecular complexity index is 941. The van der Waals surface area contributed by atoms with E-state index >= 15 is 0 Å². The van der Waals surface area contributed by atoms with Crippen LogP contribution in [0.2, 0.25) is 0 Å². The minimum atomic E-state index is 0.682. The van der Waals surface area contributed by atoms with Gasteiger partial charge in [-0.25, -0.2) is 9.97 Å². The van der Waals surface area contributed by atoms with E-state index in [1.54, 1.807) is 18.6 Å². The average molecular weight is 376 g/mol. The molecule has 0 unspecified atom stereocenters. The summed E-state index contributed by atoms with van der Waals surface area (Å²) in [5.41, 5.74) is 3.62. The highest BCUT2D eigenvalue weighted by atomic mass is 79.9. The van der Waals surface area contributed by atoms with E-state index in [1.165, 1.54) is 11.5 Å². The van der Waals surface area contributed by atoms with Crippen LogP contribution in [0.3, 0.4) is 0 Å². The monoisotopic (exact) mass is 375 g/mol. The molecule has 0 radical (unpaired) electrons. The first-order valence-electron chi connectivity index (χ1n) is 6.44. The van der Waals surface area contributed by atoms with E-state index in [9.17, 15) is 0 Å². The van der Waals surface area contributed by atoms with Crippen molar-refractivity contribution in [1.82, 2.24) is 28.9 Å². The van der Waals surface area contributed by atoms with E-state index in [0.29, 0.717) is 5.82 Å². The Morgan fingerprint density at radius 3 is 2.95 bits per heavy atom. The molecule has 4 heterocycles. The lowest BCUT2D eigenvalue weighted by atomic mass is 10.3. The minimum absolute atomic E-state index is 0.682. The lowest BCUT2D eigenvalue weighted by molar-refractivity contribution is 1.09. The maximum Gasteiger partial charge on any atom is 0.180 e. The summed E-state index contributed by atoms with van der Waals surface area (Å²) in [7, 11) is 0. The predicted octanol–water partition coefficient (Wildman–Crippen LogP) is 3.39. The van der Waals surface area contributed by atoms with Crippen molar-refractivity contribution < 1.29 is 0 Å². The Balaban J connectivity index is 1.81. The van der Waals surface area contributed by atoms with Crippen molar-refractivity contribution in [3.8, 4) is 11.3 Å². The van der Waals surface area contributed by atoms with Gasteiger partial charge in [-0.15, -0.1) is 0 Å². The van der Waals surface area contributed by atoms with Crippen LogP contribution in [0.1, 0.15) is 5.69 Å². The van der Waals surface area contributed by atoms with Crippen LogP contribution < -0.4 is 5.32 Å². The first-order chi connectivity index (χ1) is 10.7. The molecule has 0 saturated heterocycles. The Kier molecular flexibility index (Phi) is 3.16. The Hall–Kier alpha value is -2.26. The molecule has 4 rings (SSSR count). The van der Waals surface area contributed by atoms with E-state index < -0.39 is 0 Å². The SMILES string of the molecule is Cc1nsc(Nc2nccn3c(-c4cn[nH]c4)cnc23)c1Br. The Morgan fingerprint density at radius 1 is 1.32 bits per heavy atom. The molecule has 0 fully saturated rings. The highest BCUT2D eigenvalue weighted by Crippen LogP contribution is 2.33. The molecule has 4 aromatic rings. The van der Waals surface area contributed by atoms with Crippen molar-refractivity contribution >= 4 is 43.9 Å². The quantitative estimate of drug-likeness (QED) is 0.573. The fraction of sp³-hybridized carbons (Fsp3) is 0.0769. The molecule has 0 bridgehead atoms. The second kappa shape index (κ2) is 5.18. The largest absolute Gasteiger partial charge is 0.327 e. The van der Waals surface area contributed by atoms with Gasteiger partial charge in [0, 0.05) is 24.2 Å². The van der Waals surface area contributed by atoms with Crippen LogP contribution in [0.15, 0.2) is 35.5 Å². The highest BCUT2D eigenvalue weighted by Gasteiger charge is 2.14. The Morgan fingerprint density at radius 2 is 2.23 bits per heavy atom. The van der Waals surface area contributed by atoms with Gasteiger partial charge < -0.3 is 5.32 Å². The Labute approximate surface area is 137 Å². The molecule has 7 nitrogen and oxygen atoms in total. The van der Waals surface area contributed by atoms with Crippen LogP contribution in [0.25, 0.3) is 16.9 Å². The van der Waals surface area contributed by atoms with Crippen LogP contribution in [0.5, 0.6) is 0 Å². The summed E-state index contributed by atoms with van der Waals surface area (Å²) in [6.45, 7) is 1.95. The fourth-order valence-corrected chi connectivity index (χ4v) is 3.37. The summed E-state index contributed by atoms with van der Waals surface area (Å²) in [5.74, 6) is 0.682. The van der Waals surface area contributed by atoms with Gasteiger partial charge in [-0.3, -0.25) is 9.50 Å². The second-order valence-corrected chi connectivity index (χ2v) is 6.20. The number of nitrogens with one attached hydrogen (secondary N) is 2. The van der Waals surface area contributed by atoms with Crippen LogP contribution in [0.4, 0.5) is 10.8 Å². The van der Waals surface area contributed by atoms with Gasteiger partial charge in [0.25, 0.3) is 0 Å². The average Bonchev–Trinajstić information content (AvgIpc) is 3.23. The number of hydrogen-bond donors (Lipinski definition) is 2. The predicted molar refractivity (Wildman–Crippen MR) is 88.4 cm³/mol. The molecule has 110 valence electrons. The molecule has 0 spiro atoms. The number of anilines is 2. The van der Waals surface area contributed by atoms with Gasteiger partial charge in [0.05, 0.1) is 28.3 Å². The van der Waals surface area contributed by atoms with E-state index in [1.807, 2.05) is 23.7 Å². The van der Waals surface area contributed by atoms with Gasteiger partial charge in [-0.1, -0.05) is 0 Å². The summed E-state index contributed by atoms with van der Waals surface area (Å²) >= 11 is 4.91. The van der Waals surface area contributed by atoms with Crippen molar-refractivity contribution in [2.45, 2.75) is 6.92 Å². The van der Waals surface area contributed by atoms with Crippen LogP contribution in [-0.2, 0) is 0 Å². The number of aryl methyl sites for hydroxylation is 1. The molecule has 0 aliphatic carbocycles. The molecule has 4 aromatic heterocycles. The first-order valence-corrected chi connectivity index (χ1v) is 8.00. The van der Waals surface area contributed by atoms with Gasteiger partial charge >= 0.3 is 0 Å². The first kappa shape index (κ1) is 13.4. The zero-order chi connectivity index (χ0) is 15.1. The molecule has 0 aliphatic rings. The number of H-pyrrole nitrogens is 1. The summed E-state index contributed by atoms with van der Waals surface area (Å²) < 4.78 is 7.22. The van der Waals surface area contributed by atoms with E-state index in [0.717, 1.165) is 32.1 Å². The summed E-state index contributed by atoms with van der Waals surface area (Å²) in [6.07, 6.45) is 9.02. The van der Waals surface area contributed by atoms with Crippen LogP contribution >= 0.6 is 27.5 Å². The number of nitrogens with zero attached hydrogens (tertiary/aromatic N) is 5. The summed E-state index contributed by atoms with van der Waals surface area (Å²) in [4.78, 5) is 8.86. The minimum Gasteiger partial charge on any atom is -0.327 e. The van der Waals surface area contributed by atoms with Crippen molar-refractivity contribution in [3.05, 3.63) is 41.2 Å². The van der Waals surface area contributed by atoms with Crippen molar-refractivity contribution in [1.29, 1.82) is 0 Å². The number of rotatable bonds is 3. The van der Waals surface area contributed by atoms with Gasteiger partial charge in [-0.2, -0.15) is 9.47 Å². The molecule has 9 heteroatoms. The molecule has 0 saturated carbocycles. The fourth-order valence-electron chi connectivity index (χ4n) is 2.16. The normalized spacial score (nSPS) is 11.2. The third-order valence-corrected chi connectivity index (χ3v) is 5.33. The molecular weight excluding hydrogens is 366 g/mol. The summed E-state index contributed by atoms with van der Waals surface area (Å²) in [5, 5.41) is 11.0. The van der Waals surface area contributed by atoms with Gasteiger partial charge in [0.1, 0.15) is 5.00 Å².